The highest BCUT2D eigenvalue weighted by Gasteiger charge is 2.22. The number of hydrogen-bond donors (Lipinski definition) is 0. The fourth-order valence-corrected chi connectivity index (χ4v) is 11.0. The van der Waals surface area contributed by atoms with Gasteiger partial charge in [0, 0.05) is 56.4 Å². The number of aromatic nitrogens is 2. The third kappa shape index (κ3) is 4.73. The Hall–Kier alpha value is -5.46. The van der Waals surface area contributed by atoms with Crippen LogP contribution in [0, 0.1) is 0 Å². The second-order valence-corrected chi connectivity index (χ2v) is 16.1. The van der Waals surface area contributed by atoms with Gasteiger partial charge in [-0.05, 0) is 80.8 Å². The average Bonchev–Trinajstić information content (AvgIpc) is 3.57. The fraction of sp³-hybridized carbons (Fsp3) is 0. The van der Waals surface area contributed by atoms with Gasteiger partial charge in [-0.25, -0.2) is 9.97 Å². The van der Waals surface area contributed by atoms with Gasteiger partial charge in [0.1, 0.15) is 0 Å². The molecule has 2 aromatic heterocycles. The Bertz CT molecular complexity index is 3020. The lowest BCUT2D eigenvalue weighted by atomic mass is 9.93. The highest BCUT2D eigenvalue weighted by molar-refractivity contribution is 8.05. The van der Waals surface area contributed by atoms with Crippen molar-refractivity contribution in [3.05, 3.63) is 158 Å². The molecule has 51 heavy (non-hydrogen) atoms. The van der Waals surface area contributed by atoms with Crippen LogP contribution in [0.2, 0.25) is 0 Å². The Balaban J connectivity index is 1.15. The lowest BCUT2D eigenvalue weighted by Crippen LogP contribution is -1.98. The van der Waals surface area contributed by atoms with E-state index in [9.17, 15) is 0 Å². The van der Waals surface area contributed by atoms with Crippen molar-refractivity contribution in [2.24, 2.45) is 0 Å². The molecule has 0 amide bonds. The zero-order valence-electron chi connectivity index (χ0n) is 27.1. The average molecular weight is 703 g/mol. The van der Waals surface area contributed by atoms with Gasteiger partial charge in [0.25, 0.3) is 0 Å². The molecule has 8 aromatic carbocycles. The molecule has 1 aliphatic rings. The van der Waals surface area contributed by atoms with E-state index in [0.717, 1.165) is 33.9 Å². The first-order chi connectivity index (χ1) is 25.2. The maximum atomic E-state index is 5.38. The van der Waals surface area contributed by atoms with Crippen LogP contribution in [0.15, 0.2) is 177 Å². The molecule has 0 unspecified atom stereocenters. The molecule has 0 saturated carbocycles. The number of thiophene rings is 1. The van der Waals surface area contributed by atoms with Gasteiger partial charge in [-0.3, -0.25) is 0 Å². The lowest BCUT2D eigenvalue weighted by molar-refractivity contribution is 1.13. The summed E-state index contributed by atoms with van der Waals surface area (Å²) in [5.41, 5.74) is 5.07. The highest BCUT2D eigenvalue weighted by Crippen LogP contribution is 2.52. The molecule has 0 atom stereocenters. The number of hydrogen-bond acceptors (Lipinski definition) is 5. The van der Waals surface area contributed by atoms with Gasteiger partial charge in [-0.1, -0.05) is 133 Å². The van der Waals surface area contributed by atoms with E-state index in [0.29, 0.717) is 0 Å². The van der Waals surface area contributed by atoms with E-state index in [1.165, 1.54) is 72.1 Å². The number of rotatable bonds is 3. The third-order valence-electron chi connectivity index (χ3n) is 9.94. The van der Waals surface area contributed by atoms with Gasteiger partial charge in [-0.15, -0.1) is 11.3 Å². The van der Waals surface area contributed by atoms with Crippen LogP contribution in [0.3, 0.4) is 0 Å². The van der Waals surface area contributed by atoms with Gasteiger partial charge in [0.05, 0.1) is 11.4 Å². The summed E-state index contributed by atoms with van der Waals surface area (Å²) in [7, 11) is 0. The zero-order chi connectivity index (χ0) is 33.5. The summed E-state index contributed by atoms with van der Waals surface area (Å²) in [6.45, 7) is 0. The van der Waals surface area contributed by atoms with Gasteiger partial charge in [0.2, 0.25) is 0 Å². The van der Waals surface area contributed by atoms with Crippen LogP contribution in [0.25, 0.3) is 86.4 Å². The summed E-state index contributed by atoms with van der Waals surface area (Å²) in [4.78, 5) is 15.8. The normalized spacial score (nSPS) is 12.5. The SMILES string of the molecule is c1ccc2c(c1)Sc1cccc(-c3cc(-c4ccc5sc6ccccc6c5c4)nc(-c4ccc5c6ccccc6c6ccccc6c5c4)n3)c1S2. The molecule has 2 nitrogen and oxygen atoms in total. The summed E-state index contributed by atoms with van der Waals surface area (Å²) in [5, 5.41) is 10.0. The molecule has 0 spiro atoms. The van der Waals surface area contributed by atoms with E-state index in [4.69, 9.17) is 9.97 Å². The Morgan fingerprint density at radius 3 is 1.71 bits per heavy atom. The molecule has 0 N–H and O–H groups in total. The largest absolute Gasteiger partial charge is 0.228 e. The van der Waals surface area contributed by atoms with Crippen molar-refractivity contribution in [3.63, 3.8) is 0 Å². The smallest absolute Gasteiger partial charge is 0.160 e. The van der Waals surface area contributed by atoms with Crippen LogP contribution >= 0.6 is 34.9 Å². The monoisotopic (exact) mass is 702 g/mol. The van der Waals surface area contributed by atoms with Crippen LogP contribution in [0.5, 0.6) is 0 Å². The number of fused-ring (bicyclic) bond motifs is 11. The first-order valence-electron chi connectivity index (χ1n) is 17.0. The summed E-state index contributed by atoms with van der Waals surface area (Å²) in [6.07, 6.45) is 0. The van der Waals surface area contributed by atoms with E-state index in [1.54, 1.807) is 0 Å². The molecule has 0 saturated heterocycles. The predicted octanol–water partition coefficient (Wildman–Crippen LogP) is 13.9. The van der Waals surface area contributed by atoms with E-state index in [2.05, 4.69) is 158 Å². The maximum absolute atomic E-state index is 5.38. The zero-order valence-corrected chi connectivity index (χ0v) is 29.6. The van der Waals surface area contributed by atoms with Gasteiger partial charge >= 0.3 is 0 Å². The van der Waals surface area contributed by atoms with Crippen LogP contribution < -0.4 is 0 Å². The summed E-state index contributed by atoms with van der Waals surface area (Å²) in [6, 6.07) is 57.1. The fourth-order valence-electron chi connectivity index (χ4n) is 7.54. The number of benzene rings is 8. The van der Waals surface area contributed by atoms with E-state index in [1.807, 2.05) is 34.9 Å². The molecular weight excluding hydrogens is 677 g/mol. The molecule has 0 radical (unpaired) electrons. The molecule has 0 bridgehead atoms. The van der Waals surface area contributed by atoms with Crippen molar-refractivity contribution < 1.29 is 0 Å². The standard InChI is InChI=1S/C46H26N2S3/c1-2-12-31-29(10-1)30-11-3-4-13-32(30)36-25-28(20-22-33(31)36)46-47-38(27-21-23-41-37(24-27)34-14-5-6-16-40(34)49-41)26-39(48-46)35-15-9-19-44-45(35)51-43-18-8-7-17-42(43)50-44/h1-26H. The minimum Gasteiger partial charge on any atom is -0.228 e. The predicted molar refractivity (Wildman–Crippen MR) is 218 cm³/mol. The Morgan fingerprint density at radius 2 is 0.922 bits per heavy atom. The molecule has 238 valence electrons. The molecular formula is C46H26N2S3. The highest BCUT2D eigenvalue weighted by atomic mass is 32.2. The van der Waals surface area contributed by atoms with Crippen molar-refractivity contribution in [2.75, 3.05) is 0 Å². The minimum atomic E-state index is 0.725. The second kappa shape index (κ2) is 11.5. The van der Waals surface area contributed by atoms with Crippen LogP contribution in [0.1, 0.15) is 0 Å². The van der Waals surface area contributed by atoms with Gasteiger partial charge in [-0.2, -0.15) is 0 Å². The van der Waals surface area contributed by atoms with Crippen LogP contribution in [0.4, 0.5) is 0 Å². The van der Waals surface area contributed by atoms with Gasteiger partial charge < -0.3 is 0 Å². The second-order valence-electron chi connectivity index (χ2n) is 12.9. The minimum absolute atomic E-state index is 0.725. The first kappa shape index (κ1) is 29.3. The Labute approximate surface area is 306 Å². The summed E-state index contributed by atoms with van der Waals surface area (Å²) >= 11 is 5.51. The van der Waals surface area contributed by atoms with Crippen LogP contribution in [-0.2, 0) is 0 Å². The molecule has 0 fully saturated rings. The molecule has 0 aliphatic carbocycles. The molecule has 10 aromatic rings. The van der Waals surface area contributed by atoms with Crippen molar-refractivity contribution >= 4 is 87.4 Å². The lowest BCUT2D eigenvalue weighted by Gasteiger charge is -2.21. The van der Waals surface area contributed by atoms with Crippen molar-refractivity contribution in [1.29, 1.82) is 0 Å². The summed E-state index contributed by atoms with van der Waals surface area (Å²) in [5.74, 6) is 0.725. The number of nitrogens with zero attached hydrogens (tertiary/aromatic N) is 2. The Kier molecular flexibility index (Phi) is 6.63. The van der Waals surface area contributed by atoms with E-state index in [-0.39, 0.29) is 0 Å². The third-order valence-corrected chi connectivity index (χ3v) is 13.7. The van der Waals surface area contributed by atoms with Crippen molar-refractivity contribution in [1.82, 2.24) is 9.97 Å². The van der Waals surface area contributed by atoms with Crippen LogP contribution in [-0.4, -0.2) is 9.97 Å². The van der Waals surface area contributed by atoms with Crippen molar-refractivity contribution in [2.45, 2.75) is 19.6 Å². The molecule has 5 heteroatoms. The topological polar surface area (TPSA) is 25.8 Å². The first-order valence-corrected chi connectivity index (χ1v) is 19.4. The van der Waals surface area contributed by atoms with Gasteiger partial charge in [0.15, 0.2) is 5.82 Å². The van der Waals surface area contributed by atoms with E-state index >= 15 is 0 Å². The molecule has 3 heterocycles. The summed E-state index contributed by atoms with van der Waals surface area (Å²) < 4.78 is 2.59. The maximum Gasteiger partial charge on any atom is 0.160 e. The molecule has 11 rings (SSSR count). The van der Waals surface area contributed by atoms with E-state index < -0.39 is 0 Å². The Morgan fingerprint density at radius 1 is 0.353 bits per heavy atom. The van der Waals surface area contributed by atoms with Crippen molar-refractivity contribution in [3.8, 4) is 33.9 Å². The quantitative estimate of drug-likeness (QED) is 0.171. The molecule has 1 aliphatic heterocycles.